The van der Waals surface area contributed by atoms with Gasteiger partial charge in [-0.2, -0.15) is 5.10 Å². The summed E-state index contributed by atoms with van der Waals surface area (Å²) in [6.07, 6.45) is 9.35. The standard InChI is InChI=1S/C32H30FN7O4/c1-38-10-9-20-28(35-14-22(33)29(20)38)21-15-39(37-27(21)17-5-6-17)18-11-16(12-18)13-34-23-4-2-3-19-26(23)32(44)40(31(19)43)24-7-8-25(41)36-30(24)42/h2-4,9-10,14-18,24,34H,5-8,11-13H2,1H3,(H,36,41,42). The average Bonchev–Trinajstić information content (AvgIpc) is 3.54. The first-order valence-corrected chi connectivity index (χ1v) is 15.1. The number of benzene rings is 1. The first-order valence-electron chi connectivity index (χ1n) is 15.1. The Morgan fingerprint density at radius 3 is 2.64 bits per heavy atom. The van der Waals surface area contributed by atoms with Crippen LogP contribution in [0.15, 0.2) is 42.9 Å². The summed E-state index contributed by atoms with van der Waals surface area (Å²) < 4.78 is 18.4. The molecule has 11 nitrogen and oxygen atoms in total. The van der Waals surface area contributed by atoms with Crippen molar-refractivity contribution in [2.75, 3.05) is 11.9 Å². The Balaban J connectivity index is 0.971. The molecule has 0 bridgehead atoms. The third kappa shape index (κ3) is 4.15. The molecule has 1 saturated heterocycles. The van der Waals surface area contributed by atoms with Crippen molar-refractivity contribution in [1.29, 1.82) is 0 Å². The molecule has 4 aromatic rings. The number of anilines is 1. The third-order valence-corrected chi connectivity index (χ3v) is 9.47. The first-order chi connectivity index (χ1) is 21.3. The van der Waals surface area contributed by atoms with E-state index in [0.29, 0.717) is 29.6 Å². The molecule has 4 aliphatic rings. The Kier molecular flexibility index (Phi) is 5.97. The van der Waals surface area contributed by atoms with Gasteiger partial charge in [0.1, 0.15) is 6.04 Å². The molecule has 3 aromatic heterocycles. The van der Waals surface area contributed by atoms with Crippen LogP contribution < -0.4 is 10.6 Å². The van der Waals surface area contributed by atoms with Gasteiger partial charge in [-0.1, -0.05) is 6.07 Å². The fourth-order valence-electron chi connectivity index (χ4n) is 6.92. The number of piperidine rings is 1. The van der Waals surface area contributed by atoms with Gasteiger partial charge in [-0.05, 0) is 56.2 Å². The molecule has 3 fully saturated rings. The zero-order valence-electron chi connectivity index (χ0n) is 24.0. The highest BCUT2D eigenvalue weighted by Crippen LogP contribution is 2.46. The van der Waals surface area contributed by atoms with Gasteiger partial charge < -0.3 is 9.88 Å². The van der Waals surface area contributed by atoms with Gasteiger partial charge in [-0.25, -0.2) is 4.39 Å². The lowest BCUT2D eigenvalue weighted by molar-refractivity contribution is -0.136. The molecule has 1 aromatic carbocycles. The minimum absolute atomic E-state index is 0.0780. The number of pyridine rings is 1. The topological polar surface area (TPSA) is 131 Å². The van der Waals surface area contributed by atoms with Crippen LogP contribution in [0, 0.1) is 11.7 Å². The number of amides is 4. The number of hydrogen-bond acceptors (Lipinski definition) is 7. The molecular formula is C32H30FN7O4. The molecule has 5 heterocycles. The highest BCUT2D eigenvalue weighted by atomic mass is 19.1. The molecule has 4 amide bonds. The Bertz CT molecular complexity index is 1900. The van der Waals surface area contributed by atoms with E-state index in [2.05, 4.69) is 21.8 Å². The molecule has 2 saturated carbocycles. The lowest BCUT2D eigenvalue weighted by atomic mass is 9.80. The van der Waals surface area contributed by atoms with Gasteiger partial charge in [0, 0.05) is 55.0 Å². The zero-order valence-corrected chi connectivity index (χ0v) is 24.0. The molecule has 2 aliphatic heterocycles. The maximum absolute atomic E-state index is 14.6. The van der Waals surface area contributed by atoms with E-state index >= 15 is 0 Å². The largest absolute Gasteiger partial charge is 0.384 e. The van der Waals surface area contributed by atoms with Gasteiger partial charge in [-0.15, -0.1) is 0 Å². The highest BCUT2D eigenvalue weighted by molar-refractivity contribution is 6.25. The monoisotopic (exact) mass is 595 g/mol. The quantitative estimate of drug-likeness (QED) is 0.310. The van der Waals surface area contributed by atoms with Gasteiger partial charge in [0.25, 0.3) is 11.8 Å². The van der Waals surface area contributed by atoms with Crippen LogP contribution in [0.25, 0.3) is 22.2 Å². The van der Waals surface area contributed by atoms with Crippen LogP contribution in [-0.4, -0.2) is 60.4 Å². The number of halogens is 1. The molecular weight excluding hydrogens is 565 g/mol. The molecule has 2 aliphatic carbocycles. The summed E-state index contributed by atoms with van der Waals surface area (Å²) in [5.41, 5.74) is 4.38. The first kappa shape index (κ1) is 26.7. The summed E-state index contributed by atoms with van der Waals surface area (Å²) in [7, 11) is 1.83. The number of fused-ring (bicyclic) bond motifs is 2. The SMILES string of the molecule is Cn1ccc2c(-c3cn(C4CC(CNc5cccc6c5C(=O)N(C5CCC(=O)NC5=O)C6=O)C4)nc3C3CC3)ncc(F)c21. The number of imide groups is 2. The van der Waals surface area contributed by atoms with E-state index in [1.54, 1.807) is 22.8 Å². The van der Waals surface area contributed by atoms with Crippen molar-refractivity contribution in [3.8, 4) is 11.3 Å². The fraction of sp³-hybridized carbons (Fsp3) is 0.375. The van der Waals surface area contributed by atoms with Gasteiger partial charge in [0.2, 0.25) is 11.8 Å². The predicted molar refractivity (Wildman–Crippen MR) is 157 cm³/mol. The minimum atomic E-state index is -0.997. The fourth-order valence-corrected chi connectivity index (χ4v) is 6.92. The van der Waals surface area contributed by atoms with Crippen LogP contribution in [-0.2, 0) is 16.6 Å². The van der Waals surface area contributed by atoms with Gasteiger partial charge in [-0.3, -0.25) is 39.1 Å². The molecule has 1 unspecified atom stereocenters. The van der Waals surface area contributed by atoms with E-state index in [-0.39, 0.29) is 35.8 Å². The second-order valence-corrected chi connectivity index (χ2v) is 12.4. The van der Waals surface area contributed by atoms with Gasteiger partial charge >= 0.3 is 0 Å². The van der Waals surface area contributed by atoms with E-state index in [1.807, 2.05) is 24.0 Å². The minimum Gasteiger partial charge on any atom is -0.384 e. The van der Waals surface area contributed by atoms with Gasteiger partial charge in [0.15, 0.2) is 5.82 Å². The number of nitrogens with one attached hydrogen (secondary N) is 2. The normalized spacial score (nSPS) is 23.2. The molecule has 224 valence electrons. The number of aromatic nitrogens is 4. The maximum atomic E-state index is 14.6. The van der Waals surface area contributed by atoms with Crippen molar-refractivity contribution in [3.63, 3.8) is 0 Å². The third-order valence-electron chi connectivity index (χ3n) is 9.47. The van der Waals surface area contributed by atoms with E-state index in [9.17, 15) is 23.6 Å². The molecule has 0 radical (unpaired) electrons. The molecule has 8 rings (SSSR count). The lowest BCUT2D eigenvalue weighted by Crippen LogP contribution is -2.54. The highest BCUT2D eigenvalue weighted by Gasteiger charge is 2.46. The van der Waals surface area contributed by atoms with Crippen LogP contribution in [0.1, 0.15) is 76.9 Å². The number of nitrogens with zero attached hydrogens (tertiary/aromatic N) is 5. The molecule has 0 spiro atoms. The van der Waals surface area contributed by atoms with Crippen LogP contribution in [0.4, 0.5) is 10.1 Å². The van der Waals surface area contributed by atoms with E-state index in [0.717, 1.165) is 52.9 Å². The molecule has 1 atom stereocenters. The smallest absolute Gasteiger partial charge is 0.264 e. The zero-order chi connectivity index (χ0) is 30.3. The Labute approximate surface area is 251 Å². The van der Waals surface area contributed by atoms with Gasteiger partial charge in [0.05, 0.1) is 40.3 Å². The number of hydrogen-bond donors (Lipinski definition) is 2. The summed E-state index contributed by atoms with van der Waals surface area (Å²) in [5, 5.41) is 11.4. The van der Waals surface area contributed by atoms with Crippen molar-refractivity contribution in [3.05, 3.63) is 65.5 Å². The Morgan fingerprint density at radius 1 is 1.05 bits per heavy atom. The molecule has 12 heteroatoms. The number of aryl methyl sites for hydroxylation is 1. The molecule has 44 heavy (non-hydrogen) atoms. The van der Waals surface area contributed by atoms with Crippen LogP contribution in [0.5, 0.6) is 0 Å². The molecule has 2 N–H and O–H groups in total. The summed E-state index contributed by atoms with van der Waals surface area (Å²) in [6, 6.07) is 6.22. The van der Waals surface area contributed by atoms with Crippen molar-refractivity contribution in [2.24, 2.45) is 13.0 Å². The lowest BCUT2D eigenvalue weighted by Gasteiger charge is -2.35. The van der Waals surface area contributed by atoms with Crippen molar-refractivity contribution >= 4 is 40.2 Å². The average molecular weight is 596 g/mol. The number of carbonyl (C=O) groups excluding carboxylic acids is 4. The van der Waals surface area contributed by atoms with Crippen molar-refractivity contribution in [2.45, 2.75) is 56.5 Å². The summed E-state index contributed by atoms with van der Waals surface area (Å²) in [5.74, 6) is -1.68. The van der Waals surface area contributed by atoms with E-state index in [4.69, 9.17) is 5.10 Å². The Morgan fingerprint density at radius 2 is 1.86 bits per heavy atom. The van der Waals surface area contributed by atoms with E-state index < -0.39 is 29.7 Å². The number of rotatable bonds is 7. The summed E-state index contributed by atoms with van der Waals surface area (Å²) in [6.45, 7) is 0.612. The van der Waals surface area contributed by atoms with E-state index in [1.165, 1.54) is 6.20 Å². The van der Waals surface area contributed by atoms with Crippen molar-refractivity contribution < 1.29 is 23.6 Å². The van der Waals surface area contributed by atoms with Crippen LogP contribution >= 0.6 is 0 Å². The second kappa shape index (κ2) is 9.83. The second-order valence-electron chi connectivity index (χ2n) is 12.4. The maximum Gasteiger partial charge on any atom is 0.264 e. The predicted octanol–water partition coefficient (Wildman–Crippen LogP) is 3.92. The number of carbonyl (C=O) groups is 4. The summed E-state index contributed by atoms with van der Waals surface area (Å²) in [4.78, 5) is 56.0. The van der Waals surface area contributed by atoms with Crippen LogP contribution in [0.2, 0.25) is 0 Å². The van der Waals surface area contributed by atoms with Crippen LogP contribution in [0.3, 0.4) is 0 Å². The summed E-state index contributed by atoms with van der Waals surface area (Å²) >= 11 is 0. The van der Waals surface area contributed by atoms with Crippen molar-refractivity contribution in [1.82, 2.24) is 29.5 Å². The Hall–Kier alpha value is -4.87.